The van der Waals surface area contributed by atoms with Crippen LogP contribution in [-0.4, -0.2) is 49.2 Å². The highest BCUT2D eigenvalue weighted by molar-refractivity contribution is 5.94. The van der Waals surface area contributed by atoms with E-state index in [4.69, 9.17) is 9.47 Å². The fraction of sp³-hybridized carbons (Fsp3) is 0.381. The molecule has 0 spiro atoms. The van der Waals surface area contributed by atoms with Gasteiger partial charge in [-0.1, -0.05) is 30.3 Å². The van der Waals surface area contributed by atoms with Gasteiger partial charge in [-0.25, -0.2) is 4.98 Å². The highest BCUT2D eigenvalue weighted by Gasteiger charge is 2.37. The Hall–Kier alpha value is -2.91. The second kappa shape index (κ2) is 8.65. The van der Waals surface area contributed by atoms with Gasteiger partial charge in [-0.05, 0) is 24.5 Å². The number of pyridine rings is 1. The molecule has 0 bridgehead atoms. The maximum absolute atomic E-state index is 12.9. The lowest BCUT2D eigenvalue weighted by Crippen LogP contribution is -2.44. The predicted octanol–water partition coefficient (Wildman–Crippen LogP) is 2.80. The largest absolute Gasteiger partial charge is 0.475 e. The van der Waals surface area contributed by atoms with Crippen LogP contribution < -0.4 is 4.74 Å². The summed E-state index contributed by atoms with van der Waals surface area (Å²) in [6, 6.07) is 15.7. The van der Waals surface area contributed by atoms with Gasteiger partial charge in [-0.15, -0.1) is 0 Å². The van der Waals surface area contributed by atoms with Gasteiger partial charge >= 0.3 is 0 Å². The lowest BCUT2D eigenvalue weighted by atomic mass is 9.74. The van der Waals surface area contributed by atoms with Crippen LogP contribution in [0.4, 0.5) is 0 Å². The fourth-order valence-corrected chi connectivity index (χ4v) is 3.35. The average Bonchev–Trinajstić information content (AvgIpc) is 2.74. The number of carbonyl (C=O) groups is 1. The molecule has 1 amide bonds. The molecule has 27 heavy (non-hydrogen) atoms. The molecule has 0 atom stereocenters. The first-order valence-electron chi connectivity index (χ1n) is 9.02. The zero-order valence-corrected chi connectivity index (χ0v) is 15.4. The van der Waals surface area contributed by atoms with Crippen LogP contribution in [0.5, 0.6) is 5.88 Å². The molecule has 0 N–H and O–H groups in total. The molecule has 0 radical (unpaired) electrons. The van der Waals surface area contributed by atoms with Crippen molar-refractivity contribution in [3.63, 3.8) is 0 Å². The number of nitriles is 1. The van der Waals surface area contributed by atoms with Crippen molar-refractivity contribution in [2.75, 3.05) is 33.4 Å². The first-order valence-corrected chi connectivity index (χ1v) is 9.02. The van der Waals surface area contributed by atoms with Gasteiger partial charge in [0, 0.05) is 38.0 Å². The van der Waals surface area contributed by atoms with E-state index in [1.807, 2.05) is 30.3 Å². The number of nitrogens with zero attached hydrogens (tertiary/aromatic N) is 3. The zero-order chi connectivity index (χ0) is 19.1. The Balaban J connectivity index is 1.66. The summed E-state index contributed by atoms with van der Waals surface area (Å²) in [4.78, 5) is 18.8. The normalized spacial score (nSPS) is 15.8. The molecule has 1 aliphatic rings. The summed E-state index contributed by atoms with van der Waals surface area (Å²) in [7, 11) is 1.60. The SMILES string of the molecule is COCCOc1cc(C(=O)N2CCC(C#N)(c3ccccc3)CC2)ccn1. The predicted molar refractivity (Wildman–Crippen MR) is 100 cm³/mol. The van der Waals surface area contributed by atoms with Crippen molar-refractivity contribution in [2.45, 2.75) is 18.3 Å². The smallest absolute Gasteiger partial charge is 0.254 e. The first-order chi connectivity index (χ1) is 13.2. The Kier molecular flexibility index (Phi) is 6.05. The summed E-state index contributed by atoms with van der Waals surface area (Å²) < 4.78 is 10.4. The van der Waals surface area contributed by atoms with Crippen LogP contribution in [0, 0.1) is 11.3 Å². The van der Waals surface area contributed by atoms with Gasteiger partial charge in [-0.2, -0.15) is 5.26 Å². The molecule has 2 aromatic rings. The average molecular weight is 365 g/mol. The van der Waals surface area contributed by atoms with Crippen LogP contribution in [-0.2, 0) is 10.2 Å². The number of rotatable bonds is 6. The number of ether oxygens (including phenoxy) is 2. The molecule has 1 aliphatic heterocycles. The molecule has 0 unspecified atom stereocenters. The molecule has 6 heteroatoms. The van der Waals surface area contributed by atoms with Gasteiger partial charge in [0.1, 0.15) is 6.61 Å². The van der Waals surface area contributed by atoms with E-state index in [2.05, 4.69) is 11.1 Å². The van der Waals surface area contributed by atoms with Crippen LogP contribution in [0.3, 0.4) is 0 Å². The van der Waals surface area contributed by atoms with Crippen molar-refractivity contribution < 1.29 is 14.3 Å². The number of likely N-dealkylation sites (tertiary alicyclic amines) is 1. The molecule has 1 fully saturated rings. The Labute approximate surface area is 159 Å². The molecule has 6 nitrogen and oxygen atoms in total. The number of piperidine rings is 1. The number of carbonyl (C=O) groups excluding carboxylic acids is 1. The van der Waals surface area contributed by atoms with E-state index in [0.29, 0.717) is 50.6 Å². The van der Waals surface area contributed by atoms with Crippen molar-refractivity contribution >= 4 is 5.91 Å². The van der Waals surface area contributed by atoms with Crippen LogP contribution in [0.2, 0.25) is 0 Å². The maximum atomic E-state index is 12.9. The van der Waals surface area contributed by atoms with Gasteiger partial charge in [0.05, 0.1) is 18.1 Å². The minimum absolute atomic E-state index is 0.0615. The van der Waals surface area contributed by atoms with Crippen LogP contribution in [0.1, 0.15) is 28.8 Å². The second-order valence-corrected chi connectivity index (χ2v) is 6.58. The first kappa shape index (κ1) is 18.9. The lowest BCUT2D eigenvalue weighted by molar-refractivity contribution is 0.0691. The molecule has 0 aliphatic carbocycles. The minimum atomic E-state index is -0.523. The van der Waals surface area contributed by atoms with Crippen molar-refractivity contribution in [1.82, 2.24) is 9.88 Å². The van der Waals surface area contributed by atoms with Crippen molar-refractivity contribution in [2.24, 2.45) is 0 Å². The van der Waals surface area contributed by atoms with Gasteiger partial charge in [0.25, 0.3) is 5.91 Å². The molecule has 140 valence electrons. The van der Waals surface area contributed by atoms with Crippen LogP contribution >= 0.6 is 0 Å². The Morgan fingerprint density at radius 2 is 1.96 bits per heavy atom. The summed E-state index contributed by atoms with van der Waals surface area (Å²) in [6.45, 7) is 1.93. The lowest BCUT2D eigenvalue weighted by Gasteiger charge is -2.37. The minimum Gasteiger partial charge on any atom is -0.475 e. The zero-order valence-electron chi connectivity index (χ0n) is 15.4. The summed E-state index contributed by atoms with van der Waals surface area (Å²) in [6.07, 6.45) is 2.83. The Morgan fingerprint density at radius 3 is 2.63 bits per heavy atom. The summed E-state index contributed by atoms with van der Waals surface area (Å²) >= 11 is 0. The molecule has 3 rings (SSSR count). The molecular formula is C21H23N3O3. The van der Waals surface area contributed by atoms with E-state index in [1.54, 1.807) is 30.3 Å². The van der Waals surface area contributed by atoms with E-state index in [1.165, 1.54) is 0 Å². The van der Waals surface area contributed by atoms with E-state index < -0.39 is 5.41 Å². The molecule has 2 heterocycles. The number of aromatic nitrogens is 1. The topological polar surface area (TPSA) is 75.5 Å². The van der Waals surface area contributed by atoms with Crippen LogP contribution in [0.25, 0.3) is 0 Å². The van der Waals surface area contributed by atoms with Crippen molar-refractivity contribution in [1.29, 1.82) is 5.26 Å². The number of methoxy groups -OCH3 is 1. The summed E-state index contributed by atoms with van der Waals surface area (Å²) in [5.74, 6) is 0.346. The second-order valence-electron chi connectivity index (χ2n) is 6.58. The number of benzene rings is 1. The maximum Gasteiger partial charge on any atom is 0.254 e. The van der Waals surface area contributed by atoms with Gasteiger partial charge < -0.3 is 14.4 Å². The Bertz CT molecular complexity index is 809. The van der Waals surface area contributed by atoms with Gasteiger partial charge in [0.15, 0.2) is 0 Å². The number of hydrogen-bond donors (Lipinski definition) is 0. The van der Waals surface area contributed by atoms with Gasteiger partial charge in [-0.3, -0.25) is 4.79 Å². The van der Waals surface area contributed by atoms with Crippen LogP contribution in [0.15, 0.2) is 48.7 Å². The third kappa shape index (κ3) is 4.26. The molecule has 0 saturated carbocycles. The number of hydrogen-bond acceptors (Lipinski definition) is 5. The van der Waals surface area contributed by atoms with Gasteiger partial charge in [0.2, 0.25) is 5.88 Å². The standard InChI is InChI=1S/C21H23N3O3/c1-26-13-14-27-19-15-17(7-10-23-19)20(25)24-11-8-21(16-22,9-12-24)18-5-3-2-4-6-18/h2-7,10,15H,8-9,11-14H2,1H3. The van der Waals surface area contributed by atoms with Crippen molar-refractivity contribution in [3.8, 4) is 11.9 Å². The quantitative estimate of drug-likeness (QED) is 0.736. The molecular weight excluding hydrogens is 342 g/mol. The highest BCUT2D eigenvalue weighted by atomic mass is 16.5. The highest BCUT2D eigenvalue weighted by Crippen LogP contribution is 2.35. The third-order valence-corrected chi connectivity index (χ3v) is 4.96. The third-order valence-electron chi connectivity index (χ3n) is 4.96. The van der Waals surface area contributed by atoms with E-state index in [9.17, 15) is 10.1 Å². The number of amides is 1. The fourth-order valence-electron chi connectivity index (χ4n) is 3.35. The summed E-state index contributed by atoms with van der Waals surface area (Å²) in [5, 5.41) is 9.79. The molecule has 1 aromatic heterocycles. The van der Waals surface area contributed by atoms with E-state index >= 15 is 0 Å². The molecule has 1 saturated heterocycles. The monoisotopic (exact) mass is 365 g/mol. The Morgan fingerprint density at radius 1 is 1.22 bits per heavy atom. The van der Waals surface area contributed by atoms with E-state index in [0.717, 1.165) is 5.56 Å². The van der Waals surface area contributed by atoms with Crippen molar-refractivity contribution in [3.05, 3.63) is 59.8 Å². The van der Waals surface area contributed by atoms with E-state index in [-0.39, 0.29) is 5.91 Å². The summed E-state index contributed by atoms with van der Waals surface area (Å²) in [5.41, 5.74) is 1.05. The molecule has 1 aromatic carbocycles.